The normalized spacial score (nSPS) is 25.0. The van der Waals surface area contributed by atoms with Gasteiger partial charge in [0.1, 0.15) is 0 Å². The second-order valence-corrected chi connectivity index (χ2v) is 5.92. The maximum absolute atomic E-state index is 12.0. The van der Waals surface area contributed by atoms with Crippen LogP contribution in [-0.4, -0.2) is 54.9 Å². The summed E-state index contributed by atoms with van der Waals surface area (Å²) in [6.45, 7) is 3.93. The number of carbonyl (C=O) groups excluding carboxylic acids is 1. The van der Waals surface area contributed by atoms with Crippen molar-refractivity contribution in [1.29, 1.82) is 0 Å². The van der Waals surface area contributed by atoms with Gasteiger partial charge in [-0.2, -0.15) is 0 Å². The Kier molecular flexibility index (Phi) is 5.05. The van der Waals surface area contributed by atoms with Crippen LogP contribution < -0.4 is 15.5 Å². The molecule has 0 aliphatic carbocycles. The number of hydrogen-bond acceptors (Lipinski definition) is 5. The largest absolute Gasteiger partial charge is 0.381 e. The lowest BCUT2D eigenvalue weighted by atomic mass is 10.1. The number of amides is 2. The number of piperidine rings is 1. The molecule has 3 heterocycles. The van der Waals surface area contributed by atoms with Gasteiger partial charge in [-0.15, -0.1) is 0 Å². The summed E-state index contributed by atoms with van der Waals surface area (Å²) in [6.07, 6.45) is 6.54. The van der Waals surface area contributed by atoms with Gasteiger partial charge in [-0.25, -0.2) is 14.8 Å². The molecule has 1 aromatic heterocycles. The van der Waals surface area contributed by atoms with Gasteiger partial charge in [0.05, 0.1) is 6.61 Å². The number of carbonyl (C=O) groups is 1. The standard InChI is InChI=1S/C15H23N5O2/c21-15(18-9-12-4-8-22-11-12)19-13-3-1-7-20(10-13)14-16-5-2-6-17-14/h2,5-6,12-13H,1,3-4,7-11H2,(H2,18,19,21)/t12-,13+/m1/s1. The van der Waals surface area contributed by atoms with E-state index in [0.717, 1.165) is 51.5 Å². The minimum Gasteiger partial charge on any atom is -0.381 e. The third-order valence-electron chi connectivity index (χ3n) is 4.17. The fraction of sp³-hybridized carbons (Fsp3) is 0.667. The van der Waals surface area contributed by atoms with Crippen molar-refractivity contribution in [2.24, 2.45) is 5.92 Å². The summed E-state index contributed by atoms with van der Waals surface area (Å²) in [6, 6.07) is 1.86. The monoisotopic (exact) mass is 305 g/mol. The minimum absolute atomic E-state index is 0.0901. The topological polar surface area (TPSA) is 79.4 Å². The van der Waals surface area contributed by atoms with E-state index in [-0.39, 0.29) is 12.1 Å². The van der Waals surface area contributed by atoms with Crippen LogP contribution in [0, 0.1) is 5.92 Å². The van der Waals surface area contributed by atoms with Crippen molar-refractivity contribution in [3.05, 3.63) is 18.5 Å². The summed E-state index contributed by atoms with van der Waals surface area (Å²) < 4.78 is 5.31. The number of aromatic nitrogens is 2. The van der Waals surface area contributed by atoms with Gasteiger partial charge in [-0.3, -0.25) is 0 Å². The third-order valence-corrected chi connectivity index (χ3v) is 4.17. The summed E-state index contributed by atoms with van der Waals surface area (Å²) >= 11 is 0. The highest BCUT2D eigenvalue weighted by atomic mass is 16.5. The van der Waals surface area contributed by atoms with Crippen LogP contribution in [0.4, 0.5) is 10.7 Å². The molecule has 7 nitrogen and oxygen atoms in total. The smallest absolute Gasteiger partial charge is 0.315 e. The number of anilines is 1. The van der Waals surface area contributed by atoms with Gasteiger partial charge in [0, 0.05) is 50.6 Å². The Morgan fingerprint density at radius 1 is 1.36 bits per heavy atom. The highest BCUT2D eigenvalue weighted by Gasteiger charge is 2.23. The lowest BCUT2D eigenvalue weighted by Gasteiger charge is -2.33. The van der Waals surface area contributed by atoms with Gasteiger partial charge in [0.25, 0.3) is 0 Å². The molecule has 2 amide bonds. The first kappa shape index (κ1) is 15.0. The van der Waals surface area contributed by atoms with Crippen LogP contribution in [0.15, 0.2) is 18.5 Å². The summed E-state index contributed by atoms with van der Waals surface area (Å²) in [5, 5.41) is 6.00. The number of nitrogens with one attached hydrogen (secondary N) is 2. The molecular weight excluding hydrogens is 282 g/mol. The highest BCUT2D eigenvalue weighted by Crippen LogP contribution is 2.15. The number of urea groups is 1. The van der Waals surface area contributed by atoms with E-state index in [2.05, 4.69) is 25.5 Å². The quantitative estimate of drug-likeness (QED) is 0.859. The third kappa shape index (κ3) is 4.07. The van der Waals surface area contributed by atoms with Crippen LogP contribution in [0.25, 0.3) is 0 Å². The Labute approximate surface area is 130 Å². The zero-order valence-electron chi connectivity index (χ0n) is 12.7. The molecule has 0 radical (unpaired) electrons. The molecule has 0 spiro atoms. The van der Waals surface area contributed by atoms with Crippen LogP contribution in [0.2, 0.25) is 0 Å². The van der Waals surface area contributed by atoms with E-state index >= 15 is 0 Å². The van der Waals surface area contributed by atoms with E-state index in [1.165, 1.54) is 0 Å². The van der Waals surface area contributed by atoms with Crippen molar-refractivity contribution in [2.75, 3.05) is 37.7 Å². The lowest BCUT2D eigenvalue weighted by Crippen LogP contribution is -2.51. The minimum atomic E-state index is -0.0901. The zero-order valence-corrected chi connectivity index (χ0v) is 12.7. The van der Waals surface area contributed by atoms with Crippen molar-refractivity contribution in [3.63, 3.8) is 0 Å². The average Bonchev–Trinajstić information content (AvgIpc) is 3.08. The molecule has 0 saturated carbocycles. The van der Waals surface area contributed by atoms with Crippen LogP contribution in [-0.2, 0) is 4.74 Å². The van der Waals surface area contributed by atoms with E-state index in [4.69, 9.17) is 4.74 Å². The second-order valence-electron chi connectivity index (χ2n) is 5.92. The summed E-state index contributed by atoms with van der Waals surface area (Å²) in [5.74, 6) is 1.18. The van der Waals surface area contributed by atoms with Gasteiger partial charge >= 0.3 is 6.03 Å². The van der Waals surface area contributed by atoms with E-state index in [1.807, 2.05) is 6.07 Å². The lowest BCUT2D eigenvalue weighted by molar-refractivity contribution is 0.185. The molecule has 22 heavy (non-hydrogen) atoms. The molecule has 7 heteroatoms. The number of nitrogens with zero attached hydrogens (tertiary/aromatic N) is 3. The molecule has 3 rings (SSSR count). The number of ether oxygens (including phenoxy) is 1. The maximum Gasteiger partial charge on any atom is 0.315 e. The Balaban J connectivity index is 1.44. The van der Waals surface area contributed by atoms with Crippen LogP contribution in [0.1, 0.15) is 19.3 Å². The Morgan fingerprint density at radius 2 is 2.23 bits per heavy atom. The Bertz CT molecular complexity index is 478. The summed E-state index contributed by atoms with van der Waals surface area (Å²) in [7, 11) is 0. The first-order valence-corrected chi connectivity index (χ1v) is 7.95. The Hall–Kier alpha value is -1.89. The average molecular weight is 305 g/mol. The SMILES string of the molecule is O=C(NC[C@H]1CCOC1)N[C@H]1CCCN(c2ncccn2)C1. The van der Waals surface area contributed by atoms with Gasteiger partial charge in [0.2, 0.25) is 5.95 Å². The Morgan fingerprint density at radius 3 is 3.00 bits per heavy atom. The molecule has 2 saturated heterocycles. The van der Waals surface area contributed by atoms with E-state index in [0.29, 0.717) is 12.5 Å². The molecule has 2 aliphatic rings. The molecule has 0 unspecified atom stereocenters. The first-order chi connectivity index (χ1) is 10.8. The summed E-state index contributed by atoms with van der Waals surface area (Å²) in [4.78, 5) is 22.7. The van der Waals surface area contributed by atoms with Gasteiger partial charge in [-0.05, 0) is 25.3 Å². The fourth-order valence-corrected chi connectivity index (χ4v) is 2.95. The van der Waals surface area contributed by atoms with E-state index in [9.17, 15) is 4.79 Å². The molecular formula is C15H23N5O2. The van der Waals surface area contributed by atoms with Crippen LogP contribution in [0.5, 0.6) is 0 Å². The number of hydrogen-bond donors (Lipinski definition) is 2. The predicted molar refractivity (Wildman–Crippen MR) is 82.7 cm³/mol. The molecule has 2 N–H and O–H groups in total. The number of rotatable bonds is 4. The maximum atomic E-state index is 12.0. The predicted octanol–water partition coefficient (Wildman–Crippen LogP) is 0.781. The van der Waals surface area contributed by atoms with Crippen LogP contribution >= 0.6 is 0 Å². The molecule has 2 atom stereocenters. The molecule has 1 aromatic rings. The van der Waals surface area contributed by atoms with Crippen molar-refractivity contribution >= 4 is 12.0 Å². The first-order valence-electron chi connectivity index (χ1n) is 7.95. The van der Waals surface area contributed by atoms with Crippen molar-refractivity contribution in [3.8, 4) is 0 Å². The summed E-state index contributed by atoms with van der Waals surface area (Å²) in [5.41, 5.74) is 0. The van der Waals surface area contributed by atoms with E-state index < -0.39 is 0 Å². The molecule has 0 bridgehead atoms. The van der Waals surface area contributed by atoms with E-state index in [1.54, 1.807) is 12.4 Å². The fourth-order valence-electron chi connectivity index (χ4n) is 2.95. The van der Waals surface area contributed by atoms with Crippen molar-refractivity contribution in [1.82, 2.24) is 20.6 Å². The molecule has 0 aromatic carbocycles. The van der Waals surface area contributed by atoms with Crippen LogP contribution in [0.3, 0.4) is 0 Å². The van der Waals surface area contributed by atoms with Crippen molar-refractivity contribution in [2.45, 2.75) is 25.3 Å². The van der Waals surface area contributed by atoms with Gasteiger partial charge < -0.3 is 20.3 Å². The molecule has 2 aliphatic heterocycles. The van der Waals surface area contributed by atoms with Gasteiger partial charge in [-0.1, -0.05) is 0 Å². The molecule has 2 fully saturated rings. The molecule has 120 valence electrons. The highest BCUT2D eigenvalue weighted by molar-refractivity contribution is 5.74. The van der Waals surface area contributed by atoms with Gasteiger partial charge in [0.15, 0.2) is 0 Å². The van der Waals surface area contributed by atoms with Crippen molar-refractivity contribution < 1.29 is 9.53 Å². The second kappa shape index (κ2) is 7.40. The zero-order chi connectivity index (χ0) is 15.2.